The molecular weight excluding hydrogens is 280 g/mol. The van der Waals surface area contributed by atoms with Crippen LogP contribution >= 0.6 is 22.9 Å². The summed E-state index contributed by atoms with van der Waals surface area (Å²) in [4.78, 5) is 1.11. The van der Waals surface area contributed by atoms with Gasteiger partial charge in [-0.05, 0) is 17.7 Å². The molecule has 0 atom stereocenters. The van der Waals surface area contributed by atoms with Crippen molar-refractivity contribution < 1.29 is 0 Å². The molecule has 0 aliphatic heterocycles. The van der Waals surface area contributed by atoms with Crippen molar-refractivity contribution in [2.24, 2.45) is 0 Å². The number of H-pyrrole nitrogens is 1. The molecule has 19 heavy (non-hydrogen) atoms. The van der Waals surface area contributed by atoms with Gasteiger partial charge in [-0.15, -0.1) is 16.4 Å². The second-order valence-corrected chi connectivity index (χ2v) is 5.54. The molecule has 0 saturated carbocycles. The van der Waals surface area contributed by atoms with Crippen LogP contribution in [0, 0.1) is 11.3 Å². The SMILES string of the molecule is N#Cc1[nH]nnc1-c1ccc(-c2ccc(Cl)s2)cc1. The van der Waals surface area contributed by atoms with E-state index in [0.717, 1.165) is 20.3 Å². The van der Waals surface area contributed by atoms with E-state index in [1.54, 1.807) is 0 Å². The molecule has 0 spiro atoms. The maximum Gasteiger partial charge on any atom is 0.163 e. The highest BCUT2D eigenvalue weighted by Crippen LogP contribution is 2.32. The molecule has 0 bridgehead atoms. The van der Waals surface area contributed by atoms with Crippen LogP contribution < -0.4 is 0 Å². The number of rotatable bonds is 2. The van der Waals surface area contributed by atoms with Crippen molar-refractivity contribution in [1.29, 1.82) is 5.26 Å². The van der Waals surface area contributed by atoms with Gasteiger partial charge in [0.25, 0.3) is 0 Å². The summed E-state index contributed by atoms with van der Waals surface area (Å²) < 4.78 is 0.766. The number of aromatic amines is 1. The first-order valence-electron chi connectivity index (χ1n) is 5.45. The van der Waals surface area contributed by atoms with Gasteiger partial charge in [0.05, 0.1) is 4.34 Å². The molecule has 0 fully saturated rings. The molecule has 1 N–H and O–H groups in total. The number of hydrogen-bond acceptors (Lipinski definition) is 4. The summed E-state index contributed by atoms with van der Waals surface area (Å²) in [6.45, 7) is 0. The van der Waals surface area contributed by atoms with Gasteiger partial charge < -0.3 is 0 Å². The van der Waals surface area contributed by atoms with Gasteiger partial charge in [-0.2, -0.15) is 5.26 Å². The Morgan fingerprint density at radius 3 is 2.47 bits per heavy atom. The summed E-state index contributed by atoms with van der Waals surface area (Å²) in [5, 5.41) is 19.1. The summed E-state index contributed by atoms with van der Waals surface area (Å²) in [7, 11) is 0. The highest BCUT2D eigenvalue weighted by atomic mass is 35.5. The van der Waals surface area contributed by atoms with Gasteiger partial charge in [0, 0.05) is 10.4 Å². The van der Waals surface area contributed by atoms with Crippen molar-refractivity contribution >= 4 is 22.9 Å². The zero-order chi connectivity index (χ0) is 13.2. The molecule has 0 aliphatic rings. The Labute approximate surface area is 118 Å². The van der Waals surface area contributed by atoms with Crippen molar-refractivity contribution in [2.75, 3.05) is 0 Å². The third-order valence-corrected chi connectivity index (χ3v) is 3.96. The maximum absolute atomic E-state index is 8.93. The summed E-state index contributed by atoms with van der Waals surface area (Å²) in [6, 6.07) is 13.7. The summed E-state index contributed by atoms with van der Waals surface area (Å²) in [5.41, 5.74) is 2.88. The zero-order valence-corrected chi connectivity index (χ0v) is 11.2. The minimum atomic E-state index is 0.368. The normalized spacial score (nSPS) is 10.3. The predicted octanol–water partition coefficient (Wildman–Crippen LogP) is 3.73. The zero-order valence-electron chi connectivity index (χ0n) is 9.59. The minimum absolute atomic E-state index is 0.368. The molecule has 3 aromatic rings. The Balaban J connectivity index is 1.98. The second kappa shape index (κ2) is 4.84. The molecule has 2 heterocycles. The van der Waals surface area contributed by atoms with Crippen molar-refractivity contribution in [3.8, 4) is 27.8 Å². The molecule has 0 radical (unpaired) electrons. The molecule has 0 amide bonds. The second-order valence-electron chi connectivity index (χ2n) is 3.83. The summed E-state index contributed by atoms with van der Waals surface area (Å²) in [6.07, 6.45) is 0. The van der Waals surface area contributed by atoms with Crippen LogP contribution in [0.4, 0.5) is 0 Å². The number of nitriles is 1. The van der Waals surface area contributed by atoms with Gasteiger partial charge in [0.15, 0.2) is 5.69 Å². The fraction of sp³-hybridized carbons (Fsp3) is 0. The number of benzene rings is 1. The van der Waals surface area contributed by atoms with E-state index in [1.165, 1.54) is 11.3 Å². The van der Waals surface area contributed by atoms with Crippen LogP contribution in [-0.2, 0) is 0 Å². The first kappa shape index (κ1) is 11.9. The monoisotopic (exact) mass is 286 g/mol. The Kier molecular flexibility index (Phi) is 3.03. The van der Waals surface area contributed by atoms with Gasteiger partial charge in [0.1, 0.15) is 11.8 Å². The van der Waals surface area contributed by atoms with E-state index >= 15 is 0 Å². The molecule has 0 saturated heterocycles. The molecule has 0 aliphatic carbocycles. The minimum Gasteiger partial charge on any atom is -0.247 e. The molecular formula is C13H7ClN4S. The standard InChI is InChI=1S/C13H7ClN4S/c14-12-6-5-11(19-12)8-1-3-9(4-2-8)13-10(7-15)16-18-17-13/h1-6H,(H,16,17,18). The Bertz CT molecular complexity index is 752. The molecule has 0 unspecified atom stereocenters. The van der Waals surface area contributed by atoms with Crippen molar-refractivity contribution in [3.63, 3.8) is 0 Å². The van der Waals surface area contributed by atoms with E-state index in [0.29, 0.717) is 11.4 Å². The average molecular weight is 287 g/mol. The molecule has 6 heteroatoms. The lowest BCUT2D eigenvalue weighted by molar-refractivity contribution is 0.937. The van der Waals surface area contributed by atoms with Gasteiger partial charge in [0.2, 0.25) is 0 Å². The van der Waals surface area contributed by atoms with Gasteiger partial charge in [-0.3, -0.25) is 0 Å². The van der Waals surface area contributed by atoms with Crippen LogP contribution in [-0.4, -0.2) is 15.4 Å². The van der Waals surface area contributed by atoms with Gasteiger partial charge in [-0.1, -0.05) is 41.1 Å². The van der Waals surface area contributed by atoms with Crippen molar-refractivity contribution in [1.82, 2.24) is 15.4 Å². The highest BCUT2D eigenvalue weighted by Gasteiger charge is 2.09. The van der Waals surface area contributed by atoms with Gasteiger partial charge in [-0.25, -0.2) is 5.10 Å². The number of aromatic nitrogens is 3. The maximum atomic E-state index is 8.93. The number of nitrogens with one attached hydrogen (secondary N) is 1. The molecule has 3 rings (SSSR count). The Hall–Kier alpha value is -2.16. The summed E-state index contributed by atoms with van der Waals surface area (Å²) >= 11 is 7.45. The number of thiophene rings is 1. The Morgan fingerprint density at radius 1 is 1.11 bits per heavy atom. The topological polar surface area (TPSA) is 65.4 Å². The van der Waals surface area contributed by atoms with E-state index in [9.17, 15) is 0 Å². The largest absolute Gasteiger partial charge is 0.247 e. The smallest absolute Gasteiger partial charge is 0.163 e. The third-order valence-electron chi connectivity index (χ3n) is 2.68. The first-order valence-corrected chi connectivity index (χ1v) is 6.64. The predicted molar refractivity (Wildman–Crippen MR) is 74.9 cm³/mol. The lowest BCUT2D eigenvalue weighted by atomic mass is 10.1. The quantitative estimate of drug-likeness (QED) is 0.780. The van der Waals surface area contributed by atoms with Crippen LogP contribution in [0.25, 0.3) is 21.7 Å². The van der Waals surface area contributed by atoms with Crippen LogP contribution in [0.1, 0.15) is 5.69 Å². The molecule has 4 nitrogen and oxygen atoms in total. The van der Waals surface area contributed by atoms with Crippen LogP contribution in [0.3, 0.4) is 0 Å². The van der Waals surface area contributed by atoms with Gasteiger partial charge >= 0.3 is 0 Å². The fourth-order valence-corrected chi connectivity index (χ4v) is 2.82. The lowest BCUT2D eigenvalue weighted by Gasteiger charge is -2.00. The average Bonchev–Trinajstić information content (AvgIpc) is 3.07. The number of hydrogen-bond donors (Lipinski definition) is 1. The van der Waals surface area contributed by atoms with Crippen molar-refractivity contribution in [3.05, 3.63) is 46.4 Å². The van der Waals surface area contributed by atoms with E-state index < -0.39 is 0 Å². The van der Waals surface area contributed by atoms with E-state index in [4.69, 9.17) is 16.9 Å². The first-order chi connectivity index (χ1) is 9.28. The Morgan fingerprint density at radius 2 is 1.84 bits per heavy atom. The van der Waals surface area contributed by atoms with Crippen LogP contribution in [0.5, 0.6) is 0 Å². The van der Waals surface area contributed by atoms with Crippen LogP contribution in [0.15, 0.2) is 36.4 Å². The van der Waals surface area contributed by atoms with E-state index in [1.807, 2.05) is 42.5 Å². The molecule has 2 aromatic heterocycles. The fourth-order valence-electron chi connectivity index (χ4n) is 1.77. The molecule has 1 aromatic carbocycles. The highest BCUT2D eigenvalue weighted by molar-refractivity contribution is 7.19. The number of halogens is 1. The molecule has 92 valence electrons. The third kappa shape index (κ3) is 2.24. The number of nitrogens with zero attached hydrogens (tertiary/aromatic N) is 3. The summed E-state index contributed by atoms with van der Waals surface area (Å²) in [5.74, 6) is 0. The van der Waals surface area contributed by atoms with E-state index in [-0.39, 0.29) is 0 Å². The lowest BCUT2D eigenvalue weighted by Crippen LogP contribution is -1.82. The van der Waals surface area contributed by atoms with Crippen LogP contribution in [0.2, 0.25) is 4.34 Å². The van der Waals surface area contributed by atoms with Crippen molar-refractivity contribution in [2.45, 2.75) is 0 Å². The van der Waals surface area contributed by atoms with E-state index in [2.05, 4.69) is 15.4 Å².